The molecule has 0 saturated heterocycles. The van der Waals surface area contributed by atoms with Crippen LogP contribution in [0.2, 0.25) is 10.0 Å². The predicted molar refractivity (Wildman–Crippen MR) is 80.6 cm³/mol. The van der Waals surface area contributed by atoms with Crippen LogP contribution in [0.15, 0.2) is 18.2 Å². The first-order chi connectivity index (χ1) is 9.39. The minimum Gasteiger partial charge on any atom is -0.387 e. The van der Waals surface area contributed by atoms with Gasteiger partial charge in [0.25, 0.3) is 0 Å². The normalized spacial score (nSPS) is 17.8. The molecule has 7 heteroatoms. The number of halogens is 2. The molecule has 112 valence electrons. The van der Waals surface area contributed by atoms with E-state index in [-0.39, 0.29) is 18.2 Å². The van der Waals surface area contributed by atoms with Gasteiger partial charge in [-0.15, -0.1) is 0 Å². The summed E-state index contributed by atoms with van der Waals surface area (Å²) in [6, 6.07) is 4.88. The molecule has 0 bridgehead atoms. The second-order valence-electron chi connectivity index (χ2n) is 5.08. The van der Waals surface area contributed by atoms with E-state index < -0.39 is 16.1 Å². The van der Waals surface area contributed by atoms with Crippen LogP contribution >= 0.6 is 23.2 Å². The molecule has 4 nitrogen and oxygen atoms in total. The lowest BCUT2D eigenvalue weighted by molar-refractivity contribution is 0.182. The lowest BCUT2D eigenvalue weighted by Gasteiger charge is -2.25. The summed E-state index contributed by atoms with van der Waals surface area (Å²) in [5.74, 6) is 0.365. The van der Waals surface area contributed by atoms with E-state index >= 15 is 0 Å². The Kier molecular flexibility index (Phi) is 5.31. The number of aliphatic hydroxyl groups excluding tert-OH is 1. The average Bonchev–Trinajstić information content (AvgIpc) is 2.32. The molecule has 2 N–H and O–H groups in total. The highest BCUT2D eigenvalue weighted by molar-refractivity contribution is 7.89. The van der Waals surface area contributed by atoms with Crippen molar-refractivity contribution in [2.75, 3.05) is 12.3 Å². The molecule has 0 aliphatic heterocycles. The molecule has 2 rings (SSSR count). The van der Waals surface area contributed by atoms with Gasteiger partial charge >= 0.3 is 0 Å². The molecule has 0 aromatic heterocycles. The zero-order valence-corrected chi connectivity index (χ0v) is 13.2. The van der Waals surface area contributed by atoms with Crippen LogP contribution in [0.1, 0.15) is 30.9 Å². The third-order valence-electron chi connectivity index (χ3n) is 3.51. The summed E-state index contributed by atoms with van der Waals surface area (Å²) < 4.78 is 26.1. The van der Waals surface area contributed by atoms with Gasteiger partial charge in [-0.3, -0.25) is 0 Å². The maximum absolute atomic E-state index is 11.9. The molecule has 1 aliphatic rings. The highest BCUT2D eigenvalue weighted by atomic mass is 35.5. The van der Waals surface area contributed by atoms with Crippen molar-refractivity contribution in [1.82, 2.24) is 4.72 Å². The van der Waals surface area contributed by atoms with Crippen LogP contribution in [0.4, 0.5) is 0 Å². The van der Waals surface area contributed by atoms with Gasteiger partial charge in [-0.1, -0.05) is 35.7 Å². The van der Waals surface area contributed by atoms with Crippen LogP contribution < -0.4 is 4.72 Å². The van der Waals surface area contributed by atoms with E-state index in [4.69, 9.17) is 23.2 Å². The van der Waals surface area contributed by atoms with Gasteiger partial charge in [-0.2, -0.15) is 0 Å². The minimum atomic E-state index is -3.37. The first kappa shape index (κ1) is 16.0. The zero-order chi connectivity index (χ0) is 14.8. The van der Waals surface area contributed by atoms with Crippen LogP contribution in [0.25, 0.3) is 0 Å². The van der Waals surface area contributed by atoms with Gasteiger partial charge < -0.3 is 5.11 Å². The topological polar surface area (TPSA) is 66.4 Å². The first-order valence-corrected chi connectivity index (χ1v) is 8.89. The van der Waals surface area contributed by atoms with E-state index in [1.807, 2.05) is 0 Å². The van der Waals surface area contributed by atoms with Gasteiger partial charge in [-0.05, 0) is 30.9 Å². The smallest absolute Gasteiger partial charge is 0.211 e. The predicted octanol–water partition coefficient (Wildman–Crippen LogP) is 2.75. The Morgan fingerprint density at radius 2 is 1.90 bits per heavy atom. The maximum Gasteiger partial charge on any atom is 0.211 e. The zero-order valence-electron chi connectivity index (χ0n) is 10.9. The molecule has 1 aliphatic carbocycles. The molecule has 1 unspecified atom stereocenters. The van der Waals surface area contributed by atoms with E-state index in [1.54, 1.807) is 18.2 Å². The number of hydrogen-bond acceptors (Lipinski definition) is 3. The number of nitrogens with one attached hydrogen (secondary N) is 1. The van der Waals surface area contributed by atoms with Crippen molar-refractivity contribution < 1.29 is 13.5 Å². The monoisotopic (exact) mass is 337 g/mol. The number of hydrogen-bond donors (Lipinski definition) is 2. The minimum absolute atomic E-state index is 0.121. The van der Waals surface area contributed by atoms with Crippen LogP contribution in [0, 0.1) is 5.92 Å². The lowest BCUT2D eigenvalue weighted by Crippen LogP contribution is -2.34. The van der Waals surface area contributed by atoms with Crippen LogP contribution in [0.3, 0.4) is 0 Å². The number of sulfonamides is 1. The summed E-state index contributed by atoms with van der Waals surface area (Å²) in [4.78, 5) is 0. The molecule has 0 amide bonds. The fourth-order valence-electron chi connectivity index (χ4n) is 2.17. The second-order valence-corrected chi connectivity index (χ2v) is 7.74. The Bertz CT molecular complexity index is 553. The lowest BCUT2D eigenvalue weighted by atomic mass is 9.87. The highest BCUT2D eigenvalue weighted by Gasteiger charge is 2.25. The van der Waals surface area contributed by atoms with Crippen molar-refractivity contribution in [1.29, 1.82) is 0 Å². The Morgan fingerprint density at radius 3 is 2.40 bits per heavy atom. The van der Waals surface area contributed by atoms with Crippen molar-refractivity contribution in [3.8, 4) is 0 Å². The molecule has 1 atom stereocenters. The Morgan fingerprint density at radius 1 is 1.30 bits per heavy atom. The van der Waals surface area contributed by atoms with Crippen LogP contribution in [0.5, 0.6) is 0 Å². The fraction of sp³-hybridized carbons (Fsp3) is 0.538. The summed E-state index contributed by atoms with van der Waals surface area (Å²) in [7, 11) is -3.37. The largest absolute Gasteiger partial charge is 0.387 e. The molecule has 20 heavy (non-hydrogen) atoms. The number of rotatable bonds is 6. The molecule has 1 saturated carbocycles. The third-order valence-corrected chi connectivity index (χ3v) is 5.69. The summed E-state index contributed by atoms with van der Waals surface area (Å²) in [5.41, 5.74) is 0.349. The third kappa shape index (κ3) is 4.09. The highest BCUT2D eigenvalue weighted by Crippen LogP contribution is 2.30. The summed E-state index contributed by atoms with van der Waals surface area (Å²) in [6.07, 6.45) is 1.95. The van der Waals surface area contributed by atoms with Crippen molar-refractivity contribution in [3.63, 3.8) is 0 Å². The van der Waals surface area contributed by atoms with Gasteiger partial charge in [0.2, 0.25) is 10.0 Å². The molecule has 1 aromatic rings. The molecule has 0 heterocycles. The molecule has 0 spiro atoms. The molecule has 1 aromatic carbocycles. The summed E-state index contributed by atoms with van der Waals surface area (Å²) in [5, 5.41) is 10.7. The maximum atomic E-state index is 11.9. The fourth-order valence-corrected chi connectivity index (χ4v) is 4.30. The van der Waals surface area contributed by atoms with E-state index in [9.17, 15) is 13.5 Å². The van der Waals surface area contributed by atoms with E-state index in [1.165, 1.54) is 0 Å². The van der Waals surface area contributed by atoms with Gasteiger partial charge in [0.1, 0.15) is 0 Å². The van der Waals surface area contributed by atoms with E-state index in [2.05, 4.69) is 4.72 Å². The SMILES string of the molecule is O=S(=O)(CC1CCC1)NCC(O)c1c(Cl)cccc1Cl. The molecular weight excluding hydrogens is 321 g/mol. The molecule has 0 radical (unpaired) electrons. The van der Waals surface area contributed by atoms with E-state index in [0.29, 0.717) is 15.6 Å². The van der Waals surface area contributed by atoms with Crippen molar-refractivity contribution >= 4 is 33.2 Å². The Balaban J connectivity index is 1.96. The number of aliphatic hydroxyl groups is 1. The van der Waals surface area contributed by atoms with Crippen molar-refractivity contribution in [2.24, 2.45) is 5.92 Å². The summed E-state index contributed by atoms with van der Waals surface area (Å²) >= 11 is 11.9. The van der Waals surface area contributed by atoms with Crippen molar-refractivity contribution in [3.05, 3.63) is 33.8 Å². The van der Waals surface area contributed by atoms with E-state index in [0.717, 1.165) is 19.3 Å². The van der Waals surface area contributed by atoms with Gasteiger partial charge in [-0.25, -0.2) is 13.1 Å². The van der Waals surface area contributed by atoms with Crippen molar-refractivity contribution in [2.45, 2.75) is 25.4 Å². The van der Waals surface area contributed by atoms with Gasteiger partial charge in [0.05, 0.1) is 11.9 Å². The Labute approximate surface area is 129 Å². The number of benzene rings is 1. The standard InChI is InChI=1S/C13H17Cl2NO3S/c14-10-5-2-6-11(15)13(10)12(17)7-16-20(18,19)8-9-3-1-4-9/h2,5-6,9,12,16-17H,1,3-4,7-8H2. The average molecular weight is 338 g/mol. The quantitative estimate of drug-likeness (QED) is 0.838. The molecule has 1 fully saturated rings. The van der Waals surface area contributed by atoms with Gasteiger partial charge in [0, 0.05) is 22.2 Å². The van der Waals surface area contributed by atoms with Gasteiger partial charge in [0.15, 0.2) is 0 Å². The van der Waals surface area contributed by atoms with Crippen LogP contribution in [-0.2, 0) is 10.0 Å². The first-order valence-electron chi connectivity index (χ1n) is 6.48. The Hall–Kier alpha value is -0.330. The van der Waals surface area contributed by atoms with Crippen LogP contribution in [-0.4, -0.2) is 25.8 Å². The molecular formula is C13H17Cl2NO3S. The summed E-state index contributed by atoms with van der Waals surface area (Å²) in [6.45, 7) is -0.126. The second kappa shape index (κ2) is 6.62.